The van der Waals surface area contributed by atoms with Crippen molar-refractivity contribution in [2.24, 2.45) is 0 Å². The summed E-state index contributed by atoms with van der Waals surface area (Å²) in [6.07, 6.45) is 0. The van der Waals surface area contributed by atoms with Gasteiger partial charge in [-0.3, -0.25) is 0 Å². The van der Waals surface area contributed by atoms with E-state index in [0.717, 1.165) is 11.3 Å². The van der Waals surface area contributed by atoms with Gasteiger partial charge in [-0.1, -0.05) is 53.2 Å². The summed E-state index contributed by atoms with van der Waals surface area (Å²) in [6.45, 7) is 3.78. The fourth-order valence-electron chi connectivity index (χ4n) is 1.99. The van der Waals surface area contributed by atoms with Crippen LogP contribution in [0.25, 0.3) is 0 Å². The van der Waals surface area contributed by atoms with Crippen molar-refractivity contribution >= 4 is 33.2 Å². The second kappa shape index (κ2) is 8.59. The smallest absolute Gasteiger partial charge is 0.242 e. The minimum atomic E-state index is -3.76. The van der Waals surface area contributed by atoms with Gasteiger partial charge in [0, 0.05) is 5.02 Å². The number of para-hydroxylation sites is 1. The molecule has 0 amide bonds. The molecule has 0 saturated carbocycles. The minimum absolute atomic E-state index is 0.0194. The normalized spacial score (nSPS) is 10.9. The van der Waals surface area contributed by atoms with Crippen molar-refractivity contribution < 1.29 is 13.2 Å². The molecule has 0 aromatic heterocycles. The molecule has 0 unspecified atom stereocenters. The van der Waals surface area contributed by atoms with E-state index >= 15 is 0 Å². The number of aryl methyl sites for hydroxylation is 2. The first-order valence-corrected chi connectivity index (χ1v) is 9.64. The summed E-state index contributed by atoms with van der Waals surface area (Å²) in [5, 5.41) is 0.482. The Labute approximate surface area is 158 Å². The topological polar surface area (TPSA) is 55.4 Å². The summed E-state index contributed by atoms with van der Waals surface area (Å²) >= 11 is 11.9. The first kappa shape index (κ1) is 19.6. The molecule has 2 aromatic carbocycles. The molecule has 2 rings (SSSR count). The van der Waals surface area contributed by atoms with Crippen LogP contribution in [0.2, 0.25) is 10.0 Å². The Balaban J connectivity index is 1.93. The Bertz CT molecular complexity index is 931. The second-order valence-corrected chi connectivity index (χ2v) is 7.81. The molecule has 0 bridgehead atoms. The molecule has 0 aliphatic carbocycles. The lowest BCUT2D eigenvalue weighted by atomic mass is 10.2. The average molecular weight is 398 g/mol. The molecule has 1 N–H and O–H groups in total. The number of hydrogen-bond donors (Lipinski definition) is 1. The highest BCUT2D eigenvalue weighted by Gasteiger charge is 2.18. The molecule has 0 saturated heterocycles. The van der Waals surface area contributed by atoms with Gasteiger partial charge in [0.05, 0.1) is 11.6 Å². The Morgan fingerprint density at radius 1 is 1.04 bits per heavy atom. The summed E-state index contributed by atoms with van der Waals surface area (Å²) in [4.78, 5) is -0.0194. The van der Waals surface area contributed by atoms with Crippen LogP contribution < -0.4 is 9.46 Å². The lowest BCUT2D eigenvalue weighted by molar-refractivity contribution is 0.367. The highest BCUT2D eigenvalue weighted by atomic mass is 35.5. The largest absolute Gasteiger partial charge is 0.481 e. The van der Waals surface area contributed by atoms with Gasteiger partial charge >= 0.3 is 0 Å². The first-order chi connectivity index (χ1) is 11.8. The van der Waals surface area contributed by atoms with Gasteiger partial charge in [-0.05, 0) is 43.2 Å². The summed E-state index contributed by atoms with van der Waals surface area (Å²) in [7, 11) is -3.76. The van der Waals surface area contributed by atoms with Crippen LogP contribution in [0.3, 0.4) is 0 Å². The summed E-state index contributed by atoms with van der Waals surface area (Å²) in [5.74, 6) is 6.23. The van der Waals surface area contributed by atoms with Crippen molar-refractivity contribution in [2.75, 3.05) is 13.2 Å². The molecular formula is C18H17Cl2NO3S. The van der Waals surface area contributed by atoms with Gasteiger partial charge in [0.1, 0.15) is 17.3 Å². The Morgan fingerprint density at radius 3 is 2.48 bits per heavy atom. The van der Waals surface area contributed by atoms with Crippen molar-refractivity contribution in [1.82, 2.24) is 4.72 Å². The molecule has 132 valence electrons. The van der Waals surface area contributed by atoms with Crippen molar-refractivity contribution in [1.29, 1.82) is 0 Å². The number of halogens is 2. The fraction of sp³-hybridized carbons (Fsp3) is 0.222. The maximum Gasteiger partial charge on any atom is 0.242 e. The SMILES string of the molecule is Cc1cc(S(=O)(=O)NCC#CCOc2ccccc2C)c(Cl)cc1Cl. The summed E-state index contributed by atoms with van der Waals surface area (Å²) in [5.41, 5.74) is 1.64. The number of hydrogen-bond acceptors (Lipinski definition) is 3. The van der Waals surface area contributed by atoms with E-state index in [1.807, 2.05) is 31.2 Å². The third kappa shape index (κ3) is 5.38. The van der Waals surface area contributed by atoms with E-state index in [1.165, 1.54) is 12.1 Å². The van der Waals surface area contributed by atoms with Gasteiger partial charge in [0.2, 0.25) is 10.0 Å². The van der Waals surface area contributed by atoms with E-state index in [-0.39, 0.29) is 23.1 Å². The third-order valence-electron chi connectivity index (χ3n) is 3.37. The van der Waals surface area contributed by atoms with E-state index in [2.05, 4.69) is 16.6 Å². The van der Waals surface area contributed by atoms with Crippen LogP contribution in [-0.2, 0) is 10.0 Å². The molecule has 0 spiro atoms. The maximum absolute atomic E-state index is 12.3. The Kier molecular flexibility index (Phi) is 6.74. The van der Waals surface area contributed by atoms with Crippen LogP contribution in [0.1, 0.15) is 11.1 Å². The van der Waals surface area contributed by atoms with Crippen LogP contribution in [0.15, 0.2) is 41.3 Å². The number of sulfonamides is 1. The van der Waals surface area contributed by atoms with Gasteiger partial charge in [-0.25, -0.2) is 8.42 Å². The average Bonchev–Trinajstić information content (AvgIpc) is 2.55. The Hall–Kier alpha value is -1.71. The van der Waals surface area contributed by atoms with Crippen molar-refractivity contribution in [3.8, 4) is 17.6 Å². The van der Waals surface area contributed by atoms with Crippen LogP contribution in [0.5, 0.6) is 5.75 Å². The molecule has 4 nitrogen and oxygen atoms in total. The molecule has 0 aliphatic heterocycles. The van der Waals surface area contributed by atoms with Crippen molar-refractivity contribution in [3.05, 3.63) is 57.6 Å². The summed E-state index contributed by atoms with van der Waals surface area (Å²) < 4.78 is 32.5. The first-order valence-electron chi connectivity index (χ1n) is 7.41. The van der Waals surface area contributed by atoms with Gasteiger partial charge < -0.3 is 4.74 Å². The highest BCUT2D eigenvalue weighted by Crippen LogP contribution is 2.27. The zero-order chi connectivity index (χ0) is 18.4. The van der Waals surface area contributed by atoms with Crippen LogP contribution in [0.4, 0.5) is 0 Å². The number of nitrogens with one attached hydrogen (secondary N) is 1. The number of benzene rings is 2. The third-order valence-corrected chi connectivity index (χ3v) is 5.64. The fourth-order valence-corrected chi connectivity index (χ4v) is 3.74. The Morgan fingerprint density at radius 2 is 1.76 bits per heavy atom. The van der Waals surface area contributed by atoms with E-state index < -0.39 is 10.0 Å². The van der Waals surface area contributed by atoms with Crippen LogP contribution >= 0.6 is 23.2 Å². The predicted octanol–water partition coefficient (Wildman–Crippen LogP) is 3.97. The van der Waals surface area contributed by atoms with E-state index in [0.29, 0.717) is 10.6 Å². The van der Waals surface area contributed by atoms with Crippen molar-refractivity contribution in [2.45, 2.75) is 18.7 Å². The quantitative estimate of drug-likeness (QED) is 0.776. The molecule has 2 aromatic rings. The van der Waals surface area contributed by atoms with Gasteiger partial charge in [0.25, 0.3) is 0 Å². The minimum Gasteiger partial charge on any atom is -0.481 e. The monoisotopic (exact) mass is 397 g/mol. The molecule has 0 heterocycles. The molecule has 0 radical (unpaired) electrons. The molecule has 0 atom stereocenters. The molecular weight excluding hydrogens is 381 g/mol. The van der Waals surface area contributed by atoms with Crippen molar-refractivity contribution in [3.63, 3.8) is 0 Å². The van der Waals surface area contributed by atoms with Crippen LogP contribution in [-0.4, -0.2) is 21.6 Å². The second-order valence-electron chi connectivity index (χ2n) is 5.26. The lowest BCUT2D eigenvalue weighted by Gasteiger charge is -2.08. The van der Waals surface area contributed by atoms with E-state index in [4.69, 9.17) is 27.9 Å². The standard InChI is InChI=1S/C18H17Cl2NO3S/c1-13-7-3-4-8-17(13)24-10-6-5-9-21-25(22,23)18-11-14(2)15(19)12-16(18)20/h3-4,7-8,11-12,21H,9-10H2,1-2H3. The molecule has 25 heavy (non-hydrogen) atoms. The van der Waals surface area contributed by atoms with Gasteiger partial charge in [0.15, 0.2) is 0 Å². The zero-order valence-corrected chi connectivity index (χ0v) is 16.1. The zero-order valence-electron chi connectivity index (χ0n) is 13.8. The molecule has 7 heteroatoms. The van der Waals surface area contributed by atoms with Gasteiger partial charge in [-0.15, -0.1) is 0 Å². The highest BCUT2D eigenvalue weighted by molar-refractivity contribution is 7.89. The van der Waals surface area contributed by atoms with Crippen LogP contribution in [0, 0.1) is 25.7 Å². The van der Waals surface area contributed by atoms with Gasteiger partial charge in [-0.2, -0.15) is 4.72 Å². The van der Waals surface area contributed by atoms with E-state index in [9.17, 15) is 8.42 Å². The maximum atomic E-state index is 12.3. The molecule has 0 aliphatic rings. The predicted molar refractivity (Wildman–Crippen MR) is 101 cm³/mol. The van der Waals surface area contributed by atoms with E-state index in [1.54, 1.807) is 6.92 Å². The summed E-state index contributed by atoms with van der Waals surface area (Å²) in [6, 6.07) is 10.4. The number of ether oxygens (including phenoxy) is 1. The number of rotatable bonds is 5. The lowest BCUT2D eigenvalue weighted by Crippen LogP contribution is -2.24. The molecule has 0 fully saturated rings.